The molecule has 1 aliphatic heterocycles. The summed E-state index contributed by atoms with van der Waals surface area (Å²) < 4.78 is 27.3. The standard InChI is InChI=1S/C18H19F2N3.HI/c1-21-18(23-12-10-13-5-2-3-8-17(13)23)22-11-9-14-15(19)6-4-7-16(14)20;/h2-8H,9-12H2,1H3,(H,21,22);1H. The fourth-order valence-electron chi connectivity index (χ4n) is 2.92. The number of nitrogens with one attached hydrogen (secondary N) is 1. The Kier molecular flexibility index (Phi) is 6.53. The summed E-state index contributed by atoms with van der Waals surface area (Å²) in [6, 6.07) is 12.1. The highest BCUT2D eigenvalue weighted by atomic mass is 127. The van der Waals surface area contributed by atoms with Crippen LogP contribution in [0.5, 0.6) is 0 Å². The Morgan fingerprint density at radius 3 is 2.54 bits per heavy atom. The molecule has 0 bridgehead atoms. The molecule has 0 fully saturated rings. The summed E-state index contributed by atoms with van der Waals surface area (Å²) in [5.74, 6) is -0.284. The maximum atomic E-state index is 13.6. The molecule has 0 amide bonds. The van der Waals surface area contributed by atoms with E-state index in [1.54, 1.807) is 7.05 Å². The zero-order chi connectivity index (χ0) is 16.2. The van der Waals surface area contributed by atoms with Gasteiger partial charge in [0.15, 0.2) is 5.96 Å². The SMILES string of the molecule is CN=C(NCCc1c(F)cccc1F)N1CCc2ccccc21.I. The third-order valence-corrected chi connectivity index (χ3v) is 4.07. The van der Waals surface area contributed by atoms with Crippen LogP contribution in [0.2, 0.25) is 0 Å². The zero-order valence-corrected chi connectivity index (χ0v) is 15.8. The van der Waals surface area contributed by atoms with E-state index >= 15 is 0 Å². The molecule has 6 heteroatoms. The average Bonchev–Trinajstić information content (AvgIpc) is 2.98. The summed E-state index contributed by atoms with van der Waals surface area (Å²) in [6.45, 7) is 1.27. The van der Waals surface area contributed by atoms with Gasteiger partial charge in [-0.1, -0.05) is 24.3 Å². The Bertz CT molecular complexity index is 714. The first-order valence-corrected chi connectivity index (χ1v) is 7.69. The van der Waals surface area contributed by atoms with Gasteiger partial charge in [0.25, 0.3) is 0 Å². The molecule has 1 heterocycles. The van der Waals surface area contributed by atoms with Crippen LogP contribution < -0.4 is 10.2 Å². The minimum atomic E-state index is -0.506. The highest BCUT2D eigenvalue weighted by molar-refractivity contribution is 14.0. The van der Waals surface area contributed by atoms with Crippen molar-refractivity contribution in [2.45, 2.75) is 12.8 Å². The Labute approximate surface area is 157 Å². The second kappa shape index (κ2) is 8.41. The van der Waals surface area contributed by atoms with Crippen molar-refractivity contribution in [3.8, 4) is 0 Å². The molecule has 0 unspecified atom stereocenters. The molecule has 0 radical (unpaired) electrons. The lowest BCUT2D eigenvalue weighted by Crippen LogP contribution is -2.41. The van der Waals surface area contributed by atoms with Gasteiger partial charge in [-0.3, -0.25) is 4.99 Å². The largest absolute Gasteiger partial charge is 0.356 e. The first-order valence-electron chi connectivity index (χ1n) is 7.69. The maximum absolute atomic E-state index is 13.6. The zero-order valence-electron chi connectivity index (χ0n) is 13.4. The molecule has 3 nitrogen and oxygen atoms in total. The summed E-state index contributed by atoms with van der Waals surface area (Å²) in [6.07, 6.45) is 1.24. The van der Waals surface area contributed by atoms with E-state index < -0.39 is 11.6 Å². The van der Waals surface area contributed by atoms with Crippen molar-refractivity contribution in [1.82, 2.24) is 5.32 Å². The molecule has 0 saturated carbocycles. The van der Waals surface area contributed by atoms with Crippen LogP contribution in [-0.2, 0) is 12.8 Å². The summed E-state index contributed by atoms with van der Waals surface area (Å²) in [4.78, 5) is 6.39. The highest BCUT2D eigenvalue weighted by Gasteiger charge is 2.22. The second-order valence-corrected chi connectivity index (χ2v) is 5.45. The molecule has 2 aromatic carbocycles. The summed E-state index contributed by atoms with van der Waals surface area (Å²) in [5.41, 5.74) is 2.53. The fraction of sp³-hybridized carbons (Fsp3) is 0.278. The second-order valence-electron chi connectivity index (χ2n) is 5.45. The van der Waals surface area contributed by atoms with Crippen LogP contribution in [0.4, 0.5) is 14.5 Å². The molecule has 2 aromatic rings. The fourth-order valence-corrected chi connectivity index (χ4v) is 2.92. The summed E-state index contributed by atoms with van der Waals surface area (Å²) >= 11 is 0. The van der Waals surface area contributed by atoms with Gasteiger partial charge in [-0.15, -0.1) is 24.0 Å². The van der Waals surface area contributed by atoms with Gasteiger partial charge < -0.3 is 10.2 Å². The normalized spacial score (nSPS) is 13.5. The minimum Gasteiger partial charge on any atom is -0.356 e. The third kappa shape index (κ3) is 3.85. The van der Waals surface area contributed by atoms with E-state index in [1.165, 1.54) is 23.8 Å². The van der Waals surface area contributed by atoms with E-state index in [9.17, 15) is 8.78 Å². The van der Waals surface area contributed by atoms with Gasteiger partial charge in [-0.2, -0.15) is 0 Å². The van der Waals surface area contributed by atoms with E-state index in [0.717, 1.165) is 24.6 Å². The molecule has 1 aliphatic rings. The smallest absolute Gasteiger partial charge is 0.198 e. The van der Waals surface area contributed by atoms with Crippen molar-refractivity contribution in [3.05, 3.63) is 65.2 Å². The van der Waals surface area contributed by atoms with Crippen LogP contribution in [0.1, 0.15) is 11.1 Å². The van der Waals surface area contributed by atoms with Crippen molar-refractivity contribution in [2.24, 2.45) is 4.99 Å². The van der Waals surface area contributed by atoms with Gasteiger partial charge in [-0.25, -0.2) is 8.78 Å². The highest BCUT2D eigenvalue weighted by Crippen LogP contribution is 2.27. The van der Waals surface area contributed by atoms with Gasteiger partial charge >= 0.3 is 0 Å². The number of fused-ring (bicyclic) bond motifs is 1. The first-order chi connectivity index (χ1) is 11.2. The number of nitrogens with zero attached hydrogens (tertiary/aromatic N) is 2. The molecule has 24 heavy (non-hydrogen) atoms. The van der Waals surface area contributed by atoms with E-state index in [4.69, 9.17) is 0 Å². The van der Waals surface area contributed by atoms with Gasteiger partial charge in [0, 0.05) is 31.4 Å². The monoisotopic (exact) mass is 443 g/mol. The van der Waals surface area contributed by atoms with Crippen LogP contribution >= 0.6 is 24.0 Å². The van der Waals surface area contributed by atoms with Gasteiger partial charge in [0.2, 0.25) is 0 Å². The van der Waals surface area contributed by atoms with Gasteiger partial charge in [0.1, 0.15) is 11.6 Å². The quantitative estimate of drug-likeness (QED) is 0.445. The van der Waals surface area contributed by atoms with Crippen LogP contribution in [-0.4, -0.2) is 26.1 Å². The molecule has 0 aromatic heterocycles. The number of benzene rings is 2. The Morgan fingerprint density at radius 1 is 1.12 bits per heavy atom. The number of aliphatic imine (C=N–C) groups is 1. The van der Waals surface area contributed by atoms with E-state index in [2.05, 4.69) is 27.3 Å². The topological polar surface area (TPSA) is 27.6 Å². The molecular weight excluding hydrogens is 423 g/mol. The molecule has 3 rings (SSSR count). The average molecular weight is 443 g/mol. The molecule has 0 spiro atoms. The van der Waals surface area contributed by atoms with Crippen LogP contribution in [0.15, 0.2) is 47.5 Å². The van der Waals surface area contributed by atoms with Crippen molar-refractivity contribution < 1.29 is 8.78 Å². The lowest BCUT2D eigenvalue weighted by atomic mass is 10.1. The first kappa shape index (κ1) is 18.6. The van der Waals surface area contributed by atoms with Crippen LogP contribution in [0.3, 0.4) is 0 Å². The lowest BCUT2D eigenvalue weighted by molar-refractivity contribution is 0.553. The number of hydrogen-bond acceptors (Lipinski definition) is 1. The molecule has 0 saturated heterocycles. The molecule has 0 atom stereocenters. The van der Waals surface area contributed by atoms with Crippen molar-refractivity contribution in [2.75, 3.05) is 25.0 Å². The number of rotatable bonds is 3. The van der Waals surface area contributed by atoms with Crippen LogP contribution in [0.25, 0.3) is 0 Å². The van der Waals surface area contributed by atoms with E-state index in [0.29, 0.717) is 6.54 Å². The van der Waals surface area contributed by atoms with Crippen LogP contribution in [0, 0.1) is 11.6 Å². The van der Waals surface area contributed by atoms with Crippen molar-refractivity contribution in [3.63, 3.8) is 0 Å². The van der Waals surface area contributed by atoms with E-state index in [1.807, 2.05) is 12.1 Å². The predicted molar refractivity (Wildman–Crippen MR) is 104 cm³/mol. The molecule has 128 valence electrons. The lowest BCUT2D eigenvalue weighted by Gasteiger charge is -2.22. The van der Waals surface area contributed by atoms with Crippen molar-refractivity contribution >= 4 is 35.6 Å². The van der Waals surface area contributed by atoms with Gasteiger partial charge in [0.05, 0.1) is 0 Å². The number of para-hydroxylation sites is 1. The molecular formula is C18H20F2IN3. The number of hydrogen-bond donors (Lipinski definition) is 1. The number of anilines is 1. The Hall–Kier alpha value is -1.70. The van der Waals surface area contributed by atoms with Crippen molar-refractivity contribution in [1.29, 1.82) is 0 Å². The summed E-state index contributed by atoms with van der Waals surface area (Å²) in [7, 11) is 1.72. The minimum absolute atomic E-state index is 0. The van der Waals surface area contributed by atoms with E-state index in [-0.39, 0.29) is 36.0 Å². The Morgan fingerprint density at radius 2 is 1.83 bits per heavy atom. The molecule has 0 aliphatic carbocycles. The Balaban J connectivity index is 0.00000208. The maximum Gasteiger partial charge on any atom is 0.198 e. The van der Waals surface area contributed by atoms with Gasteiger partial charge in [-0.05, 0) is 36.6 Å². The third-order valence-electron chi connectivity index (χ3n) is 4.07. The predicted octanol–water partition coefficient (Wildman–Crippen LogP) is 3.76. The molecule has 1 N–H and O–H groups in total. The number of guanidine groups is 1. The number of halogens is 3. The summed E-state index contributed by atoms with van der Waals surface area (Å²) in [5, 5.41) is 3.20.